The number of piperidine rings is 1. The number of hydrogen-bond donors (Lipinski definition) is 1. The van der Waals surface area contributed by atoms with Crippen LogP contribution in [0, 0.1) is 5.21 Å². The molecule has 2 aliphatic rings. The van der Waals surface area contributed by atoms with E-state index in [0.717, 1.165) is 30.5 Å². The molecule has 3 aromatic rings. The summed E-state index contributed by atoms with van der Waals surface area (Å²) in [5, 5.41) is 12.5. The van der Waals surface area contributed by atoms with E-state index < -0.39 is 11.3 Å². The molecule has 11 heteroatoms. The topological polar surface area (TPSA) is 103 Å². The number of nitrogens with one attached hydrogen (secondary N) is 1. The fourth-order valence-electron chi connectivity index (χ4n) is 6.88. The number of methoxy groups -OCH3 is 3. The zero-order valence-corrected chi connectivity index (χ0v) is 27.2. The monoisotopic (exact) mass is 654 g/mol. The van der Waals surface area contributed by atoms with Crippen LogP contribution in [0.2, 0.25) is 10.0 Å². The van der Waals surface area contributed by atoms with Gasteiger partial charge in [0.2, 0.25) is 11.7 Å². The number of nitrogens with zero attached hydrogens (tertiary/aromatic N) is 2. The summed E-state index contributed by atoms with van der Waals surface area (Å²) in [4.78, 5) is 30.9. The Morgan fingerprint density at radius 3 is 2.09 bits per heavy atom. The Bertz CT molecular complexity index is 1500. The first-order valence-electron chi connectivity index (χ1n) is 15.0. The molecule has 0 radical (unpaired) electrons. The number of hydroxylamine groups is 1. The van der Waals surface area contributed by atoms with E-state index in [-0.39, 0.29) is 11.3 Å². The van der Waals surface area contributed by atoms with Crippen molar-refractivity contribution in [3.8, 4) is 17.2 Å². The van der Waals surface area contributed by atoms with Crippen molar-refractivity contribution in [2.75, 3.05) is 54.1 Å². The van der Waals surface area contributed by atoms with Gasteiger partial charge in [-0.25, -0.2) is 0 Å². The van der Waals surface area contributed by atoms with Gasteiger partial charge in [0.05, 0.1) is 36.8 Å². The van der Waals surface area contributed by atoms with Gasteiger partial charge in [0.15, 0.2) is 11.5 Å². The van der Waals surface area contributed by atoms with E-state index >= 15 is 0 Å². The van der Waals surface area contributed by atoms with Gasteiger partial charge in [-0.05, 0) is 80.7 Å². The molecule has 9 nitrogen and oxygen atoms in total. The molecule has 2 saturated heterocycles. The molecule has 5 rings (SSSR count). The maximum atomic E-state index is 13.9. The summed E-state index contributed by atoms with van der Waals surface area (Å²) < 4.78 is 16.4. The normalized spacial score (nSPS) is 19.6. The van der Waals surface area contributed by atoms with E-state index in [2.05, 4.69) is 4.90 Å². The van der Waals surface area contributed by atoms with Crippen LogP contribution < -0.4 is 19.7 Å². The fourth-order valence-corrected chi connectivity index (χ4v) is 7.17. The lowest BCUT2D eigenvalue weighted by Gasteiger charge is -2.43. The molecular weight excluding hydrogens is 617 g/mol. The van der Waals surface area contributed by atoms with Gasteiger partial charge in [0.1, 0.15) is 0 Å². The molecule has 0 spiro atoms. The highest BCUT2D eigenvalue weighted by atomic mass is 35.5. The smallest absolute Gasteiger partial charge is 0.254 e. The number of carbonyl (C=O) groups excluding carboxylic acids is 2. The van der Waals surface area contributed by atoms with Gasteiger partial charge in [0.25, 0.3) is 5.91 Å². The van der Waals surface area contributed by atoms with Gasteiger partial charge >= 0.3 is 0 Å². The number of amides is 2. The van der Waals surface area contributed by atoms with Crippen molar-refractivity contribution in [2.45, 2.75) is 36.5 Å². The number of carbonyl (C=O) groups is 2. The van der Waals surface area contributed by atoms with Gasteiger partial charge in [-0.1, -0.05) is 59.6 Å². The molecule has 0 aliphatic carbocycles. The van der Waals surface area contributed by atoms with E-state index in [0.29, 0.717) is 71.9 Å². The second kappa shape index (κ2) is 13.9. The predicted molar refractivity (Wildman–Crippen MR) is 175 cm³/mol. The highest BCUT2D eigenvalue weighted by Crippen LogP contribution is 2.43. The molecule has 2 heterocycles. The zero-order chi connectivity index (χ0) is 32.2. The molecule has 1 N–H and O–H groups in total. The van der Waals surface area contributed by atoms with Gasteiger partial charge < -0.3 is 34.7 Å². The van der Waals surface area contributed by atoms with Gasteiger partial charge in [-0.3, -0.25) is 9.59 Å². The molecule has 2 aliphatic heterocycles. The van der Waals surface area contributed by atoms with Crippen molar-refractivity contribution >= 4 is 35.0 Å². The summed E-state index contributed by atoms with van der Waals surface area (Å²) in [6, 6.07) is 18.6. The molecule has 3 aromatic carbocycles. The average molecular weight is 656 g/mol. The lowest BCUT2D eigenvalue weighted by Crippen LogP contribution is -2.51. The Labute approximate surface area is 273 Å². The summed E-state index contributed by atoms with van der Waals surface area (Å²) in [6.45, 7) is 3.11. The maximum Gasteiger partial charge on any atom is 0.254 e. The van der Waals surface area contributed by atoms with Crippen LogP contribution in [0.25, 0.3) is 0 Å². The number of hydrogen-bond acceptors (Lipinski definition) is 7. The molecule has 1 unspecified atom stereocenters. The largest absolute Gasteiger partial charge is 0.759 e. The minimum Gasteiger partial charge on any atom is -0.759 e. The van der Waals surface area contributed by atoms with Crippen molar-refractivity contribution < 1.29 is 23.8 Å². The van der Waals surface area contributed by atoms with Crippen LogP contribution in [0.4, 0.5) is 0 Å². The molecular formula is C34H38Cl2N3O6-. The van der Waals surface area contributed by atoms with Crippen LogP contribution in [-0.2, 0) is 15.6 Å². The molecule has 2 fully saturated rings. The standard InChI is InChI=1S/C34H38Cl2N3O6/c1-43-28-19-23(20-29(44-2)30(28)45-3)31(40)39-18-12-33(22-39,25-9-10-26(35)27(36)21-25)11-15-38-16-13-34(14-17-38,32(41)37-42)24-7-5-4-6-8-24/h4-10,19-21H,11-18,22H2,1-3H3,(H-,37,41,42)/q-1. The summed E-state index contributed by atoms with van der Waals surface area (Å²) in [6.07, 6.45) is 2.57. The maximum absolute atomic E-state index is 13.9. The van der Waals surface area contributed by atoms with Gasteiger partial charge in [-0.15, -0.1) is 0 Å². The van der Waals surface area contributed by atoms with Crippen molar-refractivity contribution in [1.29, 1.82) is 0 Å². The first-order valence-corrected chi connectivity index (χ1v) is 15.7. The van der Waals surface area contributed by atoms with Crippen LogP contribution in [0.1, 0.15) is 47.2 Å². The van der Waals surface area contributed by atoms with Crippen LogP contribution in [0.5, 0.6) is 17.2 Å². The van der Waals surface area contributed by atoms with E-state index in [1.165, 1.54) is 21.3 Å². The van der Waals surface area contributed by atoms with Crippen molar-refractivity contribution in [3.05, 3.63) is 92.6 Å². The van der Waals surface area contributed by atoms with E-state index in [1.54, 1.807) is 23.7 Å². The minimum absolute atomic E-state index is 0.134. The summed E-state index contributed by atoms with van der Waals surface area (Å²) in [5.74, 6) is 0.631. The molecule has 0 aromatic heterocycles. The van der Waals surface area contributed by atoms with Crippen LogP contribution in [0.3, 0.4) is 0 Å². The van der Waals surface area contributed by atoms with Crippen molar-refractivity contribution in [2.24, 2.45) is 0 Å². The molecule has 45 heavy (non-hydrogen) atoms. The first-order chi connectivity index (χ1) is 21.7. The number of rotatable bonds is 10. The lowest BCUT2D eigenvalue weighted by molar-refractivity contribution is -0.127. The first kappa shape index (κ1) is 32.9. The van der Waals surface area contributed by atoms with E-state index in [4.69, 9.17) is 37.4 Å². The van der Waals surface area contributed by atoms with Gasteiger partial charge in [0, 0.05) is 24.1 Å². The van der Waals surface area contributed by atoms with Crippen LogP contribution in [0.15, 0.2) is 60.7 Å². The van der Waals surface area contributed by atoms with Gasteiger partial charge in [-0.2, -0.15) is 0 Å². The molecule has 1 atom stereocenters. The number of ether oxygens (including phenoxy) is 3. The Balaban J connectivity index is 1.36. The summed E-state index contributed by atoms with van der Waals surface area (Å²) in [7, 11) is 4.57. The molecule has 2 amide bonds. The summed E-state index contributed by atoms with van der Waals surface area (Å²) in [5.41, 5.74) is 2.78. The molecule has 0 bridgehead atoms. The molecule has 0 saturated carbocycles. The Morgan fingerprint density at radius 1 is 0.844 bits per heavy atom. The third kappa shape index (κ3) is 6.45. The average Bonchev–Trinajstić information content (AvgIpc) is 3.53. The Kier molecular flexibility index (Phi) is 10.1. The highest BCUT2D eigenvalue weighted by Gasteiger charge is 2.44. The van der Waals surface area contributed by atoms with Crippen LogP contribution in [-0.4, -0.2) is 75.7 Å². The second-order valence-corrected chi connectivity index (χ2v) is 12.6. The van der Waals surface area contributed by atoms with E-state index in [1.807, 2.05) is 47.4 Å². The zero-order valence-electron chi connectivity index (χ0n) is 25.7. The Morgan fingerprint density at radius 2 is 1.51 bits per heavy atom. The number of likely N-dealkylation sites (tertiary alicyclic amines) is 2. The highest BCUT2D eigenvalue weighted by molar-refractivity contribution is 6.42. The van der Waals surface area contributed by atoms with Crippen LogP contribution >= 0.6 is 23.2 Å². The van der Waals surface area contributed by atoms with E-state index in [9.17, 15) is 14.8 Å². The third-order valence-electron chi connectivity index (χ3n) is 9.55. The second-order valence-electron chi connectivity index (χ2n) is 11.8. The number of halogens is 2. The SMILES string of the molecule is COc1cc(C(=O)N2CCC(CCN3CCC(C(=O)N[O-])(c4ccccc4)CC3)(c3ccc(Cl)c(Cl)c3)C2)cc(OC)c1OC. The third-order valence-corrected chi connectivity index (χ3v) is 10.3. The minimum atomic E-state index is -0.849. The quantitative estimate of drug-likeness (QED) is 0.274. The number of benzene rings is 3. The van der Waals surface area contributed by atoms with Crippen molar-refractivity contribution in [1.82, 2.24) is 15.3 Å². The molecule has 240 valence electrons. The lowest BCUT2D eigenvalue weighted by atomic mass is 9.71. The summed E-state index contributed by atoms with van der Waals surface area (Å²) >= 11 is 12.8. The Hall–Kier alpha value is -3.50. The predicted octanol–water partition coefficient (Wildman–Crippen LogP) is 5.84. The van der Waals surface area contributed by atoms with Crippen molar-refractivity contribution in [3.63, 3.8) is 0 Å². The fraction of sp³-hybridized carbons (Fsp3) is 0.412.